The second-order valence-electron chi connectivity index (χ2n) is 7.39. The number of nitrogens with zero attached hydrogens (tertiary/aromatic N) is 1. The molecule has 0 aliphatic carbocycles. The molecule has 132 valence electrons. The monoisotopic (exact) mass is 353 g/mol. The highest BCUT2D eigenvalue weighted by atomic mass is 35.5. The number of halogens is 1. The summed E-state index contributed by atoms with van der Waals surface area (Å²) in [7, 11) is 0. The summed E-state index contributed by atoms with van der Waals surface area (Å²) in [4.78, 5) is 25.8. The number of carboxylic acid groups (broad SMARTS) is 1. The van der Waals surface area contributed by atoms with Crippen molar-refractivity contribution in [1.82, 2.24) is 4.90 Å². The SMILES string of the molecule is CC(C)(C)OC(=O)N1CCC[C@](Cc2ccc(Cl)cc2)(C(=O)O)C1. The fraction of sp³-hybridized carbons (Fsp3) is 0.556. The van der Waals surface area contributed by atoms with Crippen molar-refractivity contribution in [2.24, 2.45) is 5.41 Å². The van der Waals surface area contributed by atoms with Gasteiger partial charge in [-0.05, 0) is 57.7 Å². The van der Waals surface area contributed by atoms with Gasteiger partial charge in [0.15, 0.2) is 0 Å². The quantitative estimate of drug-likeness (QED) is 0.892. The molecule has 24 heavy (non-hydrogen) atoms. The van der Waals surface area contributed by atoms with Crippen molar-refractivity contribution in [3.63, 3.8) is 0 Å². The average molecular weight is 354 g/mol. The van der Waals surface area contributed by atoms with E-state index in [1.54, 1.807) is 32.9 Å². The normalized spacial score (nSPS) is 21.4. The van der Waals surface area contributed by atoms with Gasteiger partial charge >= 0.3 is 12.1 Å². The Kier molecular flexibility index (Phi) is 5.43. The lowest BCUT2D eigenvalue weighted by Crippen LogP contribution is -2.52. The summed E-state index contributed by atoms with van der Waals surface area (Å²) in [5.41, 5.74) is -0.701. The van der Waals surface area contributed by atoms with Gasteiger partial charge in [-0.3, -0.25) is 4.79 Å². The lowest BCUT2D eigenvalue weighted by Gasteiger charge is -2.40. The van der Waals surface area contributed by atoms with E-state index in [1.165, 1.54) is 4.90 Å². The van der Waals surface area contributed by atoms with Crippen LogP contribution in [0.3, 0.4) is 0 Å². The molecule has 0 aromatic heterocycles. The molecular weight excluding hydrogens is 330 g/mol. The molecule has 1 aromatic rings. The molecule has 2 rings (SSSR count). The molecule has 1 atom stereocenters. The van der Waals surface area contributed by atoms with Crippen molar-refractivity contribution in [2.75, 3.05) is 13.1 Å². The number of rotatable bonds is 3. The maximum atomic E-state index is 12.3. The summed E-state index contributed by atoms with van der Waals surface area (Å²) in [6.07, 6.45) is 1.08. The van der Waals surface area contributed by atoms with Crippen molar-refractivity contribution in [3.8, 4) is 0 Å². The highest BCUT2D eigenvalue weighted by Crippen LogP contribution is 2.35. The lowest BCUT2D eigenvalue weighted by molar-refractivity contribution is -0.152. The molecular formula is C18H24ClNO4. The van der Waals surface area contributed by atoms with E-state index in [9.17, 15) is 14.7 Å². The molecule has 5 nitrogen and oxygen atoms in total. The minimum Gasteiger partial charge on any atom is -0.481 e. The predicted octanol–water partition coefficient (Wildman–Crippen LogP) is 3.98. The molecule has 1 heterocycles. The Hall–Kier alpha value is -1.75. The maximum Gasteiger partial charge on any atom is 0.410 e. The van der Waals surface area contributed by atoms with Gasteiger partial charge < -0.3 is 14.7 Å². The van der Waals surface area contributed by atoms with Gasteiger partial charge in [-0.1, -0.05) is 23.7 Å². The summed E-state index contributed by atoms with van der Waals surface area (Å²) in [5.74, 6) is -0.884. The van der Waals surface area contributed by atoms with Crippen LogP contribution in [0.5, 0.6) is 0 Å². The highest BCUT2D eigenvalue weighted by molar-refractivity contribution is 6.30. The van der Waals surface area contributed by atoms with Crippen LogP contribution in [-0.4, -0.2) is 40.8 Å². The van der Waals surface area contributed by atoms with Gasteiger partial charge in [0.05, 0.1) is 5.41 Å². The Morgan fingerprint density at radius 1 is 1.29 bits per heavy atom. The van der Waals surface area contributed by atoms with Crippen molar-refractivity contribution >= 4 is 23.7 Å². The Morgan fingerprint density at radius 3 is 2.46 bits per heavy atom. The molecule has 6 heteroatoms. The third kappa shape index (κ3) is 4.63. The van der Waals surface area contributed by atoms with Crippen LogP contribution >= 0.6 is 11.6 Å². The van der Waals surface area contributed by atoms with E-state index in [0.29, 0.717) is 30.8 Å². The lowest BCUT2D eigenvalue weighted by atomic mass is 9.75. The van der Waals surface area contributed by atoms with Gasteiger partial charge in [0.2, 0.25) is 0 Å². The largest absolute Gasteiger partial charge is 0.481 e. The predicted molar refractivity (Wildman–Crippen MR) is 92.3 cm³/mol. The summed E-state index contributed by atoms with van der Waals surface area (Å²) >= 11 is 5.89. The van der Waals surface area contributed by atoms with Crippen LogP contribution in [-0.2, 0) is 16.0 Å². The van der Waals surface area contributed by atoms with E-state index < -0.39 is 23.1 Å². The van der Waals surface area contributed by atoms with Crippen molar-refractivity contribution in [1.29, 1.82) is 0 Å². The van der Waals surface area contributed by atoms with Gasteiger partial charge in [0, 0.05) is 18.1 Å². The Bertz CT molecular complexity index is 608. The van der Waals surface area contributed by atoms with E-state index in [-0.39, 0.29) is 6.54 Å². The molecule has 0 radical (unpaired) electrons. The van der Waals surface area contributed by atoms with E-state index in [4.69, 9.17) is 16.3 Å². The molecule has 0 spiro atoms. The first-order chi connectivity index (χ1) is 11.1. The zero-order chi connectivity index (χ0) is 18.0. The van der Waals surface area contributed by atoms with Crippen LogP contribution in [0.15, 0.2) is 24.3 Å². The number of ether oxygens (including phenoxy) is 1. The third-order valence-electron chi connectivity index (χ3n) is 4.14. The zero-order valence-corrected chi connectivity index (χ0v) is 15.1. The second-order valence-corrected chi connectivity index (χ2v) is 7.83. The Balaban J connectivity index is 2.18. The number of benzene rings is 1. The first-order valence-corrected chi connectivity index (χ1v) is 8.45. The number of amides is 1. The molecule has 0 unspecified atom stereocenters. The van der Waals surface area contributed by atoms with E-state index in [0.717, 1.165) is 5.56 Å². The zero-order valence-electron chi connectivity index (χ0n) is 14.3. The summed E-state index contributed by atoms with van der Waals surface area (Å²) in [5, 5.41) is 10.4. The number of carbonyl (C=O) groups is 2. The molecule has 1 aromatic carbocycles. The summed E-state index contributed by atoms with van der Waals surface area (Å²) < 4.78 is 5.39. The first-order valence-electron chi connectivity index (χ1n) is 8.07. The summed E-state index contributed by atoms with van der Waals surface area (Å²) in [6, 6.07) is 7.17. The minimum atomic E-state index is -0.997. The minimum absolute atomic E-state index is 0.153. The van der Waals surface area contributed by atoms with Crippen LogP contribution < -0.4 is 0 Å². The maximum absolute atomic E-state index is 12.3. The fourth-order valence-corrected chi connectivity index (χ4v) is 3.13. The molecule has 1 amide bonds. The second kappa shape index (κ2) is 7.01. The van der Waals surface area contributed by atoms with Gasteiger partial charge in [-0.15, -0.1) is 0 Å². The smallest absolute Gasteiger partial charge is 0.410 e. The molecule has 0 saturated carbocycles. The topological polar surface area (TPSA) is 66.8 Å². The molecule has 1 fully saturated rings. The van der Waals surface area contributed by atoms with Crippen molar-refractivity contribution < 1.29 is 19.4 Å². The third-order valence-corrected chi connectivity index (χ3v) is 4.39. The number of carboxylic acids is 1. The highest BCUT2D eigenvalue weighted by Gasteiger charge is 2.44. The van der Waals surface area contributed by atoms with E-state index in [1.807, 2.05) is 12.1 Å². The molecule has 0 bridgehead atoms. The van der Waals surface area contributed by atoms with Gasteiger partial charge in [0.25, 0.3) is 0 Å². The molecule has 1 aliphatic rings. The number of aliphatic carboxylic acids is 1. The summed E-state index contributed by atoms with van der Waals surface area (Å²) in [6.45, 7) is 6.07. The number of likely N-dealkylation sites (tertiary alicyclic amines) is 1. The fourth-order valence-electron chi connectivity index (χ4n) is 3.00. The van der Waals surface area contributed by atoms with Crippen molar-refractivity contribution in [3.05, 3.63) is 34.9 Å². The van der Waals surface area contributed by atoms with Gasteiger partial charge in [0.1, 0.15) is 5.60 Å². The van der Waals surface area contributed by atoms with E-state index in [2.05, 4.69) is 0 Å². The van der Waals surface area contributed by atoms with Crippen LogP contribution in [0, 0.1) is 5.41 Å². The Labute approximate surface area is 147 Å². The van der Waals surface area contributed by atoms with Gasteiger partial charge in [-0.2, -0.15) is 0 Å². The average Bonchev–Trinajstić information content (AvgIpc) is 2.48. The number of hydrogen-bond acceptors (Lipinski definition) is 3. The van der Waals surface area contributed by atoms with E-state index >= 15 is 0 Å². The molecule has 1 aliphatic heterocycles. The number of hydrogen-bond donors (Lipinski definition) is 1. The van der Waals surface area contributed by atoms with Crippen LogP contribution in [0.25, 0.3) is 0 Å². The van der Waals surface area contributed by atoms with Crippen LogP contribution in [0.1, 0.15) is 39.2 Å². The standard InChI is InChI=1S/C18H24ClNO4/c1-17(2,3)24-16(23)20-10-4-9-18(12-20,15(21)22)11-13-5-7-14(19)8-6-13/h5-8H,4,9-12H2,1-3H3,(H,21,22)/t18-/m1/s1. The van der Waals surface area contributed by atoms with Crippen LogP contribution in [0.2, 0.25) is 5.02 Å². The van der Waals surface area contributed by atoms with Crippen molar-refractivity contribution in [2.45, 2.75) is 45.6 Å². The van der Waals surface area contributed by atoms with Crippen LogP contribution in [0.4, 0.5) is 4.79 Å². The number of piperidine rings is 1. The van der Waals surface area contributed by atoms with Gasteiger partial charge in [-0.25, -0.2) is 4.79 Å². The Morgan fingerprint density at radius 2 is 1.92 bits per heavy atom. The molecule has 1 N–H and O–H groups in total. The number of carbonyl (C=O) groups excluding carboxylic acids is 1. The molecule has 1 saturated heterocycles. The first kappa shape index (κ1) is 18.6.